The Kier molecular flexibility index (Phi) is 4.78. The number of rotatable bonds is 3. The summed E-state index contributed by atoms with van der Waals surface area (Å²) in [6.07, 6.45) is 0. The van der Waals surface area contributed by atoms with Crippen LogP contribution in [0.1, 0.15) is 21.5 Å². The van der Waals surface area contributed by atoms with Gasteiger partial charge in [-0.25, -0.2) is 4.99 Å². The Balaban J connectivity index is 1.95. The van der Waals surface area contributed by atoms with E-state index in [0.29, 0.717) is 16.4 Å². The van der Waals surface area contributed by atoms with Gasteiger partial charge in [0, 0.05) is 28.8 Å². The molecule has 29 heavy (non-hydrogen) atoms. The Labute approximate surface area is 173 Å². The SMILES string of the molecule is CN1C(=O)C(N)(C(=O)c2ccc(Cl)cc2)N=C(c2ccccc2)c2ccccc21. The van der Waals surface area contributed by atoms with Gasteiger partial charge in [-0.2, -0.15) is 0 Å². The molecular weight excluding hydrogens is 386 g/mol. The average molecular weight is 404 g/mol. The second-order valence-electron chi connectivity index (χ2n) is 6.81. The highest BCUT2D eigenvalue weighted by atomic mass is 35.5. The number of aliphatic imine (C=N–C) groups is 1. The molecular formula is C23H18ClN3O2. The average Bonchev–Trinajstić information content (AvgIpc) is 2.84. The molecule has 0 saturated carbocycles. The number of hydrogen-bond donors (Lipinski definition) is 1. The number of nitrogens with two attached hydrogens (primary N) is 1. The zero-order valence-corrected chi connectivity index (χ0v) is 16.4. The van der Waals surface area contributed by atoms with Crippen molar-refractivity contribution in [2.75, 3.05) is 11.9 Å². The Morgan fingerprint density at radius 1 is 0.966 bits per heavy atom. The molecule has 1 aliphatic rings. The van der Waals surface area contributed by atoms with Crippen LogP contribution in [-0.4, -0.2) is 30.1 Å². The number of benzene rings is 3. The summed E-state index contributed by atoms with van der Waals surface area (Å²) in [5.41, 5.74) is 7.23. The van der Waals surface area contributed by atoms with Crippen molar-refractivity contribution in [3.8, 4) is 0 Å². The van der Waals surface area contributed by atoms with Gasteiger partial charge >= 0.3 is 0 Å². The van der Waals surface area contributed by atoms with Gasteiger partial charge in [0.25, 0.3) is 11.6 Å². The van der Waals surface area contributed by atoms with Crippen LogP contribution in [0, 0.1) is 0 Å². The molecule has 0 saturated heterocycles. The van der Waals surface area contributed by atoms with E-state index in [0.717, 1.165) is 11.1 Å². The van der Waals surface area contributed by atoms with Crippen LogP contribution in [0.15, 0.2) is 83.9 Å². The summed E-state index contributed by atoms with van der Waals surface area (Å²) in [6, 6.07) is 23.0. The lowest BCUT2D eigenvalue weighted by Gasteiger charge is -2.26. The number of halogens is 1. The van der Waals surface area contributed by atoms with Gasteiger partial charge in [-0.05, 0) is 30.3 Å². The maximum Gasteiger partial charge on any atom is 0.277 e. The van der Waals surface area contributed by atoms with E-state index in [4.69, 9.17) is 17.3 Å². The van der Waals surface area contributed by atoms with Crippen LogP contribution >= 0.6 is 11.6 Å². The molecule has 2 N–H and O–H groups in total. The van der Waals surface area contributed by atoms with E-state index < -0.39 is 17.4 Å². The standard InChI is InChI=1S/C23H18ClN3O2/c1-27-19-10-6-5-9-18(19)20(15-7-3-2-4-8-15)26-23(25,22(27)29)21(28)16-11-13-17(24)14-12-16/h2-14H,25H2,1H3. The number of likely N-dealkylation sites (N-methyl/N-ethyl adjacent to an activating group) is 1. The normalized spacial score (nSPS) is 18.7. The van der Waals surface area contributed by atoms with Crippen LogP contribution in [0.5, 0.6) is 0 Å². The van der Waals surface area contributed by atoms with Crippen LogP contribution in [0.3, 0.4) is 0 Å². The topological polar surface area (TPSA) is 75.8 Å². The lowest BCUT2D eigenvalue weighted by atomic mass is 9.97. The van der Waals surface area contributed by atoms with Crippen molar-refractivity contribution in [3.05, 3.63) is 101 Å². The van der Waals surface area contributed by atoms with Gasteiger partial charge in [0.05, 0.1) is 11.4 Å². The highest BCUT2D eigenvalue weighted by Crippen LogP contribution is 2.31. The van der Waals surface area contributed by atoms with Gasteiger partial charge in [0.1, 0.15) is 0 Å². The fourth-order valence-electron chi connectivity index (χ4n) is 3.40. The van der Waals surface area contributed by atoms with E-state index in [1.807, 2.05) is 54.6 Å². The Bertz CT molecular complexity index is 1130. The van der Waals surface area contributed by atoms with Crippen molar-refractivity contribution >= 4 is 34.7 Å². The highest BCUT2D eigenvalue weighted by Gasteiger charge is 2.47. The van der Waals surface area contributed by atoms with Crippen LogP contribution < -0.4 is 10.6 Å². The summed E-state index contributed by atoms with van der Waals surface area (Å²) >= 11 is 5.93. The second-order valence-corrected chi connectivity index (χ2v) is 7.25. The van der Waals surface area contributed by atoms with E-state index >= 15 is 0 Å². The molecule has 1 heterocycles. The van der Waals surface area contributed by atoms with Gasteiger partial charge < -0.3 is 4.90 Å². The first-order valence-corrected chi connectivity index (χ1v) is 9.41. The third-order valence-corrected chi connectivity index (χ3v) is 5.19. The van der Waals surface area contributed by atoms with Gasteiger partial charge in [0.15, 0.2) is 0 Å². The Morgan fingerprint density at radius 2 is 1.59 bits per heavy atom. The maximum atomic E-state index is 13.3. The first-order valence-electron chi connectivity index (χ1n) is 9.04. The number of ketones is 1. The Morgan fingerprint density at radius 3 is 2.28 bits per heavy atom. The summed E-state index contributed by atoms with van der Waals surface area (Å²) in [5, 5.41) is 0.484. The largest absolute Gasteiger partial charge is 0.311 e. The number of amides is 1. The summed E-state index contributed by atoms with van der Waals surface area (Å²) in [6.45, 7) is 0. The Hall–Kier alpha value is -3.28. The van der Waals surface area contributed by atoms with Gasteiger partial charge in [-0.1, -0.05) is 60.1 Å². The molecule has 0 aliphatic carbocycles. The molecule has 3 aromatic carbocycles. The molecule has 1 atom stereocenters. The summed E-state index contributed by atoms with van der Waals surface area (Å²) in [7, 11) is 1.60. The number of fused-ring (bicyclic) bond motifs is 1. The fourth-order valence-corrected chi connectivity index (χ4v) is 3.53. The number of nitrogens with zero attached hydrogens (tertiary/aromatic N) is 2. The molecule has 5 nitrogen and oxygen atoms in total. The summed E-state index contributed by atoms with van der Waals surface area (Å²) in [4.78, 5) is 32.6. The molecule has 4 rings (SSSR count). The third kappa shape index (κ3) is 3.24. The van der Waals surface area contributed by atoms with Crippen molar-refractivity contribution in [2.24, 2.45) is 10.7 Å². The molecule has 3 aromatic rings. The van der Waals surface area contributed by atoms with Crippen molar-refractivity contribution < 1.29 is 9.59 Å². The number of Topliss-reactive ketones (excluding diaryl/α,β-unsaturated/α-hetero) is 1. The third-order valence-electron chi connectivity index (χ3n) is 4.94. The van der Waals surface area contributed by atoms with Crippen LogP contribution in [0.25, 0.3) is 0 Å². The second kappa shape index (κ2) is 7.28. The van der Waals surface area contributed by atoms with Crippen molar-refractivity contribution in [2.45, 2.75) is 5.66 Å². The monoisotopic (exact) mass is 403 g/mol. The number of carbonyl (C=O) groups excluding carboxylic acids is 2. The van der Waals surface area contributed by atoms with E-state index in [9.17, 15) is 9.59 Å². The van der Waals surface area contributed by atoms with Crippen LogP contribution in [0.2, 0.25) is 5.02 Å². The first-order chi connectivity index (χ1) is 13.9. The molecule has 144 valence electrons. The molecule has 1 unspecified atom stereocenters. The summed E-state index contributed by atoms with van der Waals surface area (Å²) < 4.78 is 0. The molecule has 6 heteroatoms. The number of benzodiazepines with no additional fused rings is 1. The predicted molar refractivity (Wildman–Crippen MR) is 115 cm³/mol. The molecule has 0 aromatic heterocycles. The van der Waals surface area contributed by atoms with Crippen molar-refractivity contribution in [3.63, 3.8) is 0 Å². The molecule has 0 radical (unpaired) electrons. The van der Waals surface area contributed by atoms with E-state index in [-0.39, 0.29) is 5.56 Å². The van der Waals surface area contributed by atoms with E-state index in [2.05, 4.69) is 4.99 Å². The molecule has 0 fully saturated rings. The van der Waals surface area contributed by atoms with Crippen LogP contribution in [0.4, 0.5) is 5.69 Å². The number of para-hydroxylation sites is 1. The van der Waals surface area contributed by atoms with Gasteiger partial charge in [0.2, 0.25) is 5.78 Å². The number of carbonyl (C=O) groups is 2. The number of anilines is 1. The van der Waals surface area contributed by atoms with Gasteiger partial charge in [-0.3, -0.25) is 15.3 Å². The highest BCUT2D eigenvalue weighted by molar-refractivity contribution is 6.31. The number of hydrogen-bond acceptors (Lipinski definition) is 4. The molecule has 0 spiro atoms. The maximum absolute atomic E-state index is 13.3. The minimum absolute atomic E-state index is 0.265. The van der Waals surface area contributed by atoms with Crippen molar-refractivity contribution in [1.29, 1.82) is 0 Å². The fraction of sp³-hybridized carbons (Fsp3) is 0.0870. The lowest BCUT2D eigenvalue weighted by molar-refractivity contribution is -0.121. The van der Waals surface area contributed by atoms with Gasteiger partial charge in [-0.15, -0.1) is 0 Å². The van der Waals surface area contributed by atoms with Crippen molar-refractivity contribution in [1.82, 2.24) is 0 Å². The van der Waals surface area contributed by atoms with E-state index in [1.54, 1.807) is 31.3 Å². The van der Waals surface area contributed by atoms with Crippen LogP contribution in [-0.2, 0) is 4.79 Å². The minimum atomic E-state index is -2.10. The summed E-state index contributed by atoms with van der Waals surface area (Å²) in [5.74, 6) is -1.19. The lowest BCUT2D eigenvalue weighted by Crippen LogP contribution is -2.58. The quantitative estimate of drug-likeness (QED) is 0.535. The minimum Gasteiger partial charge on any atom is -0.311 e. The molecule has 1 aliphatic heterocycles. The molecule has 1 amide bonds. The zero-order chi connectivity index (χ0) is 20.6. The molecule has 0 bridgehead atoms. The first kappa shape index (κ1) is 19.1. The smallest absolute Gasteiger partial charge is 0.277 e. The van der Waals surface area contributed by atoms with E-state index in [1.165, 1.54) is 4.90 Å². The predicted octanol–water partition coefficient (Wildman–Crippen LogP) is 3.69. The zero-order valence-electron chi connectivity index (χ0n) is 15.7.